The molecule has 1 N–H and O–H groups in total. The Bertz CT molecular complexity index is 819. The number of hydrogen-bond donors (Lipinski definition) is 1. The van der Waals surface area contributed by atoms with E-state index in [0.717, 1.165) is 11.3 Å². The van der Waals surface area contributed by atoms with E-state index < -0.39 is 23.0 Å². The van der Waals surface area contributed by atoms with Crippen molar-refractivity contribution >= 4 is 22.5 Å². The summed E-state index contributed by atoms with van der Waals surface area (Å²) in [7, 11) is -1.39. The van der Waals surface area contributed by atoms with Crippen molar-refractivity contribution in [1.29, 1.82) is 0 Å². The number of ketones is 1. The monoisotopic (exact) mass is 436 g/mol. The van der Waals surface area contributed by atoms with E-state index in [1.54, 1.807) is 18.3 Å². The van der Waals surface area contributed by atoms with Gasteiger partial charge in [-0.05, 0) is 44.5 Å². The number of pyridine rings is 1. The Hall–Kier alpha value is -2.36. The van der Waals surface area contributed by atoms with Gasteiger partial charge in [0.2, 0.25) is 5.91 Å². The largest absolute Gasteiger partial charge is 0.468 e. The lowest BCUT2D eigenvalue weighted by atomic mass is 10.1. The molecule has 0 aromatic carbocycles. The van der Waals surface area contributed by atoms with Crippen LogP contribution in [0.2, 0.25) is 0 Å². The molecule has 0 fully saturated rings. The zero-order valence-corrected chi connectivity index (χ0v) is 18.1. The number of Topliss-reactive ketones (excluding diaryl/α,β-unsaturated/α-hetero) is 1. The highest BCUT2D eigenvalue weighted by Gasteiger charge is 2.14. The zero-order chi connectivity index (χ0) is 21.8. The van der Waals surface area contributed by atoms with Crippen LogP contribution in [-0.4, -0.2) is 46.4 Å². The number of carbonyl (C=O) groups excluding carboxylic acids is 2. The Labute approximate surface area is 178 Å². The summed E-state index contributed by atoms with van der Waals surface area (Å²) in [4.78, 5) is 28.3. The third-order valence-corrected chi connectivity index (χ3v) is 5.26. The van der Waals surface area contributed by atoms with Crippen molar-refractivity contribution in [3.8, 4) is 0 Å². The number of rotatable bonds is 14. The molecular formula is C21H28N2O6S. The van der Waals surface area contributed by atoms with Crippen molar-refractivity contribution in [1.82, 2.24) is 10.3 Å². The van der Waals surface area contributed by atoms with E-state index in [0.29, 0.717) is 25.4 Å². The van der Waals surface area contributed by atoms with Gasteiger partial charge in [0.1, 0.15) is 11.5 Å². The Morgan fingerprint density at radius 3 is 2.67 bits per heavy atom. The molecule has 2 aromatic rings. The zero-order valence-electron chi connectivity index (χ0n) is 17.3. The molecule has 0 spiro atoms. The number of ether oxygens (including phenoxy) is 2. The molecule has 30 heavy (non-hydrogen) atoms. The topological polar surface area (TPSA) is 108 Å². The van der Waals surface area contributed by atoms with Gasteiger partial charge in [-0.15, -0.1) is 0 Å². The predicted molar refractivity (Wildman–Crippen MR) is 112 cm³/mol. The normalized spacial score (nSPS) is 12.1. The molecule has 2 heterocycles. The number of hydrogen-bond acceptors (Lipinski definition) is 7. The SMILES string of the molecule is CCOC(OCC)c1ccnc(CCC(=O)CNC(=O)CS(=O)Cc2ccco2)c1. The maximum atomic E-state index is 12.1. The van der Waals surface area contributed by atoms with E-state index in [2.05, 4.69) is 10.3 Å². The summed E-state index contributed by atoms with van der Waals surface area (Å²) in [5.74, 6) is 0.000305. The van der Waals surface area contributed by atoms with Gasteiger partial charge in [0.05, 0.1) is 18.6 Å². The molecule has 0 saturated heterocycles. The summed E-state index contributed by atoms with van der Waals surface area (Å²) in [6.45, 7) is 4.73. The summed E-state index contributed by atoms with van der Waals surface area (Å²) in [5, 5.41) is 2.52. The van der Waals surface area contributed by atoms with Crippen LogP contribution in [0.25, 0.3) is 0 Å². The molecule has 0 radical (unpaired) electrons. The van der Waals surface area contributed by atoms with E-state index in [9.17, 15) is 13.8 Å². The first-order chi connectivity index (χ1) is 14.5. The van der Waals surface area contributed by atoms with E-state index in [1.807, 2.05) is 26.0 Å². The molecule has 0 aliphatic rings. The second kappa shape index (κ2) is 13.0. The van der Waals surface area contributed by atoms with Gasteiger partial charge in [-0.2, -0.15) is 0 Å². The maximum Gasteiger partial charge on any atom is 0.232 e. The molecular weight excluding hydrogens is 408 g/mol. The van der Waals surface area contributed by atoms with Gasteiger partial charge in [0.15, 0.2) is 12.1 Å². The fraction of sp³-hybridized carbons (Fsp3) is 0.476. The van der Waals surface area contributed by atoms with Crippen molar-refractivity contribution in [2.75, 3.05) is 25.5 Å². The van der Waals surface area contributed by atoms with Gasteiger partial charge in [0, 0.05) is 47.9 Å². The third-order valence-electron chi connectivity index (χ3n) is 4.07. The highest BCUT2D eigenvalue weighted by molar-refractivity contribution is 7.84. The van der Waals surface area contributed by atoms with Crippen LogP contribution in [0.4, 0.5) is 0 Å². The van der Waals surface area contributed by atoms with Crippen LogP contribution in [0.3, 0.4) is 0 Å². The number of aryl methyl sites for hydroxylation is 1. The second-order valence-corrected chi connectivity index (χ2v) is 7.90. The molecule has 2 aromatic heterocycles. The Balaban J connectivity index is 1.74. The van der Waals surface area contributed by atoms with Crippen molar-refractivity contribution in [3.05, 3.63) is 53.7 Å². The minimum Gasteiger partial charge on any atom is -0.468 e. The molecule has 1 atom stereocenters. The molecule has 0 aliphatic heterocycles. The maximum absolute atomic E-state index is 12.1. The number of nitrogens with one attached hydrogen (secondary N) is 1. The summed E-state index contributed by atoms with van der Waals surface area (Å²) >= 11 is 0. The van der Waals surface area contributed by atoms with Crippen LogP contribution in [-0.2, 0) is 42.0 Å². The van der Waals surface area contributed by atoms with Crippen molar-refractivity contribution < 1.29 is 27.7 Å². The highest BCUT2D eigenvalue weighted by Crippen LogP contribution is 2.19. The number of amides is 1. The fourth-order valence-electron chi connectivity index (χ4n) is 2.68. The van der Waals surface area contributed by atoms with Crippen molar-refractivity contribution in [2.45, 2.75) is 38.7 Å². The van der Waals surface area contributed by atoms with Crippen LogP contribution in [0.1, 0.15) is 43.6 Å². The van der Waals surface area contributed by atoms with Gasteiger partial charge < -0.3 is 19.2 Å². The van der Waals surface area contributed by atoms with Crippen LogP contribution >= 0.6 is 0 Å². The summed E-state index contributed by atoms with van der Waals surface area (Å²) in [5.41, 5.74) is 1.60. The van der Waals surface area contributed by atoms with Crippen LogP contribution in [0, 0.1) is 0 Å². The molecule has 2 rings (SSSR count). The summed E-state index contributed by atoms with van der Waals surface area (Å²) < 4.78 is 28.2. The van der Waals surface area contributed by atoms with E-state index >= 15 is 0 Å². The van der Waals surface area contributed by atoms with Gasteiger partial charge in [0.25, 0.3) is 0 Å². The van der Waals surface area contributed by atoms with E-state index in [-0.39, 0.29) is 30.3 Å². The summed E-state index contributed by atoms with van der Waals surface area (Å²) in [6, 6.07) is 7.08. The van der Waals surface area contributed by atoms with E-state index in [1.165, 1.54) is 6.26 Å². The number of nitrogens with zero attached hydrogens (tertiary/aromatic N) is 1. The lowest BCUT2D eigenvalue weighted by Crippen LogP contribution is -2.33. The second-order valence-electron chi connectivity index (χ2n) is 6.45. The quantitative estimate of drug-likeness (QED) is 0.453. The molecule has 1 amide bonds. The fourth-order valence-corrected chi connectivity index (χ4v) is 3.66. The van der Waals surface area contributed by atoms with E-state index in [4.69, 9.17) is 13.9 Å². The van der Waals surface area contributed by atoms with Gasteiger partial charge in [-0.3, -0.25) is 18.8 Å². The van der Waals surface area contributed by atoms with Gasteiger partial charge in [-0.1, -0.05) is 0 Å². The molecule has 9 heteroatoms. The minimum atomic E-state index is -1.39. The first-order valence-corrected chi connectivity index (χ1v) is 11.3. The average Bonchev–Trinajstić information content (AvgIpc) is 3.23. The molecule has 1 unspecified atom stereocenters. The third kappa shape index (κ3) is 8.56. The standard InChI is InChI=1S/C21H28N2O6S/c1-3-27-21(28-4-2)16-9-10-22-17(12-16)7-8-18(24)13-23-20(25)15-30(26)14-19-6-5-11-29-19/h5-6,9-12,21H,3-4,7-8,13-15H2,1-2H3,(H,23,25). The van der Waals surface area contributed by atoms with Gasteiger partial charge >= 0.3 is 0 Å². The van der Waals surface area contributed by atoms with Crippen LogP contribution < -0.4 is 5.32 Å². The minimum absolute atomic E-state index is 0.100. The number of furan rings is 1. The molecule has 0 bridgehead atoms. The highest BCUT2D eigenvalue weighted by atomic mass is 32.2. The van der Waals surface area contributed by atoms with Crippen LogP contribution in [0.15, 0.2) is 41.1 Å². The predicted octanol–water partition coefficient (Wildman–Crippen LogP) is 2.31. The molecule has 0 aliphatic carbocycles. The Morgan fingerprint density at radius 2 is 2.00 bits per heavy atom. The number of aromatic nitrogens is 1. The Kier molecular flexibility index (Phi) is 10.4. The average molecular weight is 437 g/mol. The first kappa shape index (κ1) is 23.9. The van der Waals surface area contributed by atoms with Crippen molar-refractivity contribution in [3.63, 3.8) is 0 Å². The summed E-state index contributed by atoms with van der Waals surface area (Å²) in [6.07, 6.45) is 3.37. The van der Waals surface area contributed by atoms with Crippen LogP contribution in [0.5, 0.6) is 0 Å². The lowest BCUT2D eigenvalue weighted by molar-refractivity contribution is -0.140. The first-order valence-electron chi connectivity index (χ1n) is 9.85. The van der Waals surface area contributed by atoms with Crippen molar-refractivity contribution in [2.24, 2.45) is 0 Å². The Morgan fingerprint density at radius 1 is 1.23 bits per heavy atom. The smallest absolute Gasteiger partial charge is 0.232 e. The number of carbonyl (C=O) groups is 2. The molecule has 164 valence electrons. The molecule has 8 nitrogen and oxygen atoms in total. The lowest BCUT2D eigenvalue weighted by Gasteiger charge is -2.17. The van der Waals surface area contributed by atoms with Gasteiger partial charge in [-0.25, -0.2) is 0 Å². The molecule has 0 saturated carbocycles.